The highest BCUT2D eigenvalue weighted by molar-refractivity contribution is 6.43. The molecule has 1 aliphatic rings. The van der Waals surface area contributed by atoms with Gasteiger partial charge in [-0.3, -0.25) is 14.6 Å². The van der Waals surface area contributed by atoms with E-state index in [9.17, 15) is 9.59 Å². The minimum Gasteiger partial charge on any atom is -0.497 e. The van der Waals surface area contributed by atoms with Gasteiger partial charge >= 0.3 is 5.97 Å². The number of hydrogen-bond donors (Lipinski definition) is 0. The molecular formula is C14H16N2O4. The fourth-order valence-electron chi connectivity index (χ4n) is 2.06. The molecule has 1 aliphatic heterocycles. The molecule has 6 nitrogen and oxygen atoms in total. The van der Waals surface area contributed by atoms with E-state index in [1.165, 1.54) is 14.0 Å². The van der Waals surface area contributed by atoms with Gasteiger partial charge in [-0.25, -0.2) is 0 Å². The van der Waals surface area contributed by atoms with Gasteiger partial charge in [0.05, 0.1) is 26.5 Å². The molecule has 106 valence electrons. The van der Waals surface area contributed by atoms with Gasteiger partial charge in [0, 0.05) is 6.92 Å². The Morgan fingerprint density at radius 3 is 2.40 bits per heavy atom. The Bertz CT molecular complexity index is 551. The number of carbonyl (C=O) groups is 2. The van der Waals surface area contributed by atoms with Crippen LogP contribution in [0.15, 0.2) is 29.4 Å². The normalized spacial score (nSPS) is 17.6. The average Bonchev–Trinajstić information content (AvgIpc) is 2.92. The molecule has 2 rings (SSSR count). The second kappa shape index (κ2) is 5.73. The summed E-state index contributed by atoms with van der Waals surface area (Å²) in [5.41, 5.74) is 1.02. The Balaban J connectivity index is 2.26. The molecule has 20 heavy (non-hydrogen) atoms. The van der Waals surface area contributed by atoms with Crippen molar-refractivity contribution in [2.24, 2.45) is 11.0 Å². The van der Waals surface area contributed by atoms with Crippen LogP contribution in [0, 0.1) is 5.92 Å². The monoisotopic (exact) mass is 276 g/mol. The minimum atomic E-state index is -0.639. The maximum absolute atomic E-state index is 11.7. The number of nitrogens with zero attached hydrogens (tertiary/aromatic N) is 2. The van der Waals surface area contributed by atoms with Crippen molar-refractivity contribution in [1.29, 1.82) is 0 Å². The molecule has 6 heteroatoms. The molecule has 0 aliphatic carbocycles. The molecule has 0 amide bonds. The van der Waals surface area contributed by atoms with Gasteiger partial charge in [0.2, 0.25) is 0 Å². The van der Waals surface area contributed by atoms with E-state index >= 15 is 0 Å². The number of hydrogen-bond acceptors (Lipinski definition) is 6. The fraction of sp³-hybridized carbons (Fsp3) is 0.357. The SMILES string of the molecule is COC(=O)[C@@H]1CN(c2ccc(OC)cc2)N=C1C(C)=O. The minimum absolute atomic E-state index is 0.226. The summed E-state index contributed by atoms with van der Waals surface area (Å²) < 4.78 is 9.80. The van der Waals surface area contributed by atoms with Gasteiger partial charge in [0.1, 0.15) is 17.4 Å². The molecular weight excluding hydrogens is 260 g/mol. The zero-order valence-electron chi connectivity index (χ0n) is 11.6. The van der Waals surface area contributed by atoms with E-state index in [-0.39, 0.29) is 11.5 Å². The Labute approximate surface area is 117 Å². The van der Waals surface area contributed by atoms with Gasteiger partial charge in [-0.05, 0) is 24.3 Å². The highest BCUT2D eigenvalue weighted by Gasteiger charge is 2.36. The summed E-state index contributed by atoms with van der Waals surface area (Å²) in [6.45, 7) is 1.69. The summed E-state index contributed by atoms with van der Waals surface area (Å²) in [5, 5.41) is 5.85. The zero-order chi connectivity index (χ0) is 14.7. The third-order valence-corrected chi connectivity index (χ3v) is 3.13. The first-order valence-electron chi connectivity index (χ1n) is 6.15. The number of rotatable bonds is 4. The molecule has 0 fully saturated rings. The van der Waals surface area contributed by atoms with Gasteiger partial charge in [0.15, 0.2) is 5.78 Å². The Morgan fingerprint density at radius 1 is 1.25 bits per heavy atom. The first kappa shape index (κ1) is 14.0. The van der Waals surface area contributed by atoms with Crippen LogP contribution in [0.4, 0.5) is 5.69 Å². The van der Waals surface area contributed by atoms with E-state index in [4.69, 9.17) is 9.47 Å². The lowest BCUT2D eigenvalue weighted by Crippen LogP contribution is -2.30. The third kappa shape index (κ3) is 2.64. The second-order valence-corrected chi connectivity index (χ2v) is 4.40. The van der Waals surface area contributed by atoms with Crippen molar-refractivity contribution in [3.8, 4) is 5.75 Å². The molecule has 1 heterocycles. The summed E-state index contributed by atoms with van der Waals surface area (Å²) in [6.07, 6.45) is 0. The van der Waals surface area contributed by atoms with Gasteiger partial charge < -0.3 is 9.47 Å². The number of ketones is 1. The molecule has 0 saturated carbocycles. The summed E-state index contributed by atoms with van der Waals surface area (Å²) in [6, 6.07) is 7.23. The van der Waals surface area contributed by atoms with Crippen molar-refractivity contribution >= 4 is 23.2 Å². The van der Waals surface area contributed by atoms with Crippen molar-refractivity contribution in [3.05, 3.63) is 24.3 Å². The molecule has 1 aromatic carbocycles. The Morgan fingerprint density at radius 2 is 1.90 bits per heavy atom. The van der Waals surface area contributed by atoms with Gasteiger partial charge in [-0.1, -0.05) is 0 Å². The smallest absolute Gasteiger partial charge is 0.316 e. The highest BCUT2D eigenvalue weighted by Crippen LogP contribution is 2.25. The van der Waals surface area contributed by atoms with E-state index in [1.54, 1.807) is 24.3 Å². The number of carbonyl (C=O) groups excluding carboxylic acids is 2. The van der Waals surface area contributed by atoms with Crippen molar-refractivity contribution < 1.29 is 19.1 Å². The third-order valence-electron chi connectivity index (χ3n) is 3.13. The van der Waals surface area contributed by atoms with E-state index < -0.39 is 11.9 Å². The number of ether oxygens (including phenoxy) is 2. The van der Waals surface area contributed by atoms with E-state index in [0.717, 1.165) is 11.4 Å². The molecule has 0 N–H and O–H groups in total. The van der Waals surface area contributed by atoms with Crippen LogP contribution in [0.3, 0.4) is 0 Å². The van der Waals surface area contributed by atoms with E-state index in [0.29, 0.717) is 6.54 Å². The predicted octanol–water partition coefficient (Wildman–Crippen LogP) is 1.25. The van der Waals surface area contributed by atoms with Crippen molar-refractivity contribution in [2.75, 3.05) is 25.8 Å². The number of Topliss-reactive ketones (excluding diaryl/α,β-unsaturated/α-hetero) is 1. The summed E-state index contributed by atoms with van der Waals surface area (Å²) in [4.78, 5) is 23.3. The predicted molar refractivity (Wildman–Crippen MR) is 74.0 cm³/mol. The maximum Gasteiger partial charge on any atom is 0.316 e. The van der Waals surface area contributed by atoms with Crippen molar-refractivity contribution in [1.82, 2.24) is 0 Å². The van der Waals surface area contributed by atoms with Crippen LogP contribution in [0.2, 0.25) is 0 Å². The molecule has 1 aromatic rings. The molecule has 0 unspecified atom stereocenters. The van der Waals surface area contributed by atoms with Crippen molar-refractivity contribution in [3.63, 3.8) is 0 Å². The van der Waals surface area contributed by atoms with Gasteiger partial charge in [0.25, 0.3) is 0 Å². The number of anilines is 1. The van der Waals surface area contributed by atoms with Crippen LogP contribution in [-0.4, -0.2) is 38.2 Å². The molecule has 0 saturated heterocycles. The maximum atomic E-state index is 11.7. The van der Waals surface area contributed by atoms with E-state index in [2.05, 4.69) is 5.10 Å². The first-order valence-corrected chi connectivity index (χ1v) is 6.15. The van der Waals surface area contributed by atoms with E-state index in [1.807, 2.05) is 12.1 Å². The van der Waals surface area contributed by atoms with Crippen LogP contribution >= 0.6 is 0 Å². The standard InChI is InChI=1S/C14H16N2O4/c1-9(17)13-12(14(18)20-3)8-16(15-13)10-4-6-11(19-2)7-5-10/h4-7,12H,8H2,1-3H3/t12-/m1/s1. The number of esters is 1. The summed E-state index contributed by atoms with van der Waals surface area (Å²) in [7, 11) is 2.89. The summed E-state index contributed by atoms with van der Waals surface area (Å²) in [5.74, 6) is -0.584. The lowest BCUT2D eigenvalue weighted by molar-refractivity contribution is -0.142. The van der Waals surface area contributed by atoms with Gasteiger partial charge in [-0.2, -0.15) is 5.10 Å². The van der Waals surface area contributed by atoms with Crippen LogP contribution in [0.1, 0.15) is 6.92 Å². The highest BCUT2D eigenvalue weighted by atomic mass is 16.5. The molecule has 0 bridgehead atoms. The molecule has 0 radical (unpaired) electrons. The molecule has 0 aromatic heterocycles. The van der Waals surface area contributed by atoms with Crippen LogP contribution < -0.4 is 9.75 Å². The van der Waals surface area contributed by atoms with Crippen molar-refractivity contribution in [2.45, 2.75) is 6.92 Å². The van der Waals surface area contributed by atoms with Crippen LogP contribution in [-0.2, 0) is 14.3 Å². The number of methoxy groups -OCH3 is 2. The average molecular weight is 276 g/mol. The zero-order valence-corrected chi connectivity index (χ0v) is 11.6. The largest absolute Gasteiger partial charge is 0.497 e. The fourth-order valence-corrected chi connectivity index (χ4v) is 2.06. The lowest BCUT2D eigenvalue weighted by Gasteiger charge is -2.15. The van der Waals surface area contributed by atoms with Gasteiger partial charge in [-0.15, -0.1) is 0 Å². The molecule has 1 atom stereocenters. The number of benzene rings is 1. The summed E-state index contributed by atoms with van der Waals surface area (Å²) >= 11 is 0. The second-order valence-electron chi connectivity index (χ2n) is 4.40. The Hall–Kier alpha value is -2.37. The topological polar surface area (TPSA) is 68.2 Å². The van der Waals surface area contributed by atoms with Crippen LogP contribution in [0.25, 0.3) is 0 Å². The number of hydrazone groups is 1. The van der Waals surface area contributed by atoms with Crippen LogP contribution in [0.5, 0.6) is 5.75 Å². The molecule has 0 spiro atoms. The quantitative estimate of drug-likeness (QED) is 0.774. The lowest BCUT2D eigenvalue weighted by atomic mass is 10.0. The Kier molecular flexibility index (Phi) is 4.02. The first-order chi connectivity index (χ1) is 9.56.